The molecule has 2 aliphatic rings. The van der Waals surface area contributed by atoms with Gasteiger partial charge in [0.05, 0.1) is 4.92 Å². The smallest absolute Gasteiger partial charge is 0.274 e. The number of carbonyl (C=O) groups excluding carboxylic acids is 1. The van der Waals surface area contributed by atoms with Crippen LogP contribution in [-0.4, -0.2) is 10.8 Å². The molecule has 0 heterocycles. The van der Waals surface area contributed by atoms with E-state index in [2.05, 4.69) is 5.32 Å². The quantitative estimate of drug-likeness (QED) is 0.679. The third kappa shape index (κ3) is 2.28. The number of benzene rings is 1. The SMILES string of the molecule is Cc1ccc(NC(=O)C2C3CCCCC32)cc1[N+](=O)[O-]. The van der Waals surface area contributed by atoms with Gasteiger partial charge in [-0.2, -0.15) is 0 Å². The first kappa shape index (κ1) is 13.1. The number of amides is 1. The van der Waals surface area contributed by atoms with Crippen molar-refractivity contribution < 1.29 is 9.72 Å². The molecule has 2 atom stereocenters. The molecule has 0 radical (unpaired) electrons. The minimum Gasteiger partial charge on any atom is -0.326 e. The highest BCUT2D eigenvalue weighted by Crippen LogP contribution is 2.55. The highest BCUT2D eigenvalue weighted by Gasteiger charge is 2.54. The predicted octanol–water partition coefficient (Wildman–Crippen LogP) is 3.28. The summed E-state index contributed by atoms with van der Waals surface area (Å²) >= 11 is 0. The molecular weight excluding hydrogens is 256 g/mol. The number of rotatable bonds is 3. The summed E-state index contributed by atoms with van der Waals surface area (Å²) in [6.45, 7) is 1.69. The van der Waals surface area contributed by atoms with Crippen LogP contribution >= 0.6 is 0 Å². The van der Waals surface area contributed by atoms with E-state index in [1.54, 1.807) is 19.1 Å². The lowest BCUT2D eigenvalue weighted by Gasteiger charge is -2.06. The van der Waals surface area contributed by atoms with Crippen LogP contribution in [0.25, 0.3) is 0 Å². The number of anilines is 1. The molecule has 1 N–H and O–H groups in total. The lowest BCUT2D eigenvalue weighted by Crippen LogP contribution is -2.15. The molecule has 2 fully saturated rings. The first-order valence-corrected chi connectivity index (χ1v) is 7.14. The van der Waals surface area contributed by atoms with Crippen molar-refractivity contribution in [1.82, 2.24) is 0 Å². The highest BCUT2D eigenvalue weighted by molar-refractivity contribution is 5.95. The van der Waals surface area contributed by atoms with E-state index in [-0.39, 0.29) is 17.5 Å². The Hall–Kier alpha value is -1.91. The van der Waals surface area contributed by atoms with Crippen LogP contribution in [0.4, 0.5) is 11.4 Å². The molecule has 0 bridgehead atoms. The van der Waals surface area contributed by atoms with Gasteiger partial charge >= 0.3 is 0 Å². The van der Waals surface area contributed by atoms with Gasteiger partial charge in [-0.3, -0.25) is 14.9 Å². The van der Waals surface area contributed by atoms with E-state index in [0.717, 1.165) is 12.8 Å². The monoisotopic (exact) mass is 274 g/mol. The van der Waals surface area contributed by atoms with E-state index in [9.17, 15) is 14.9 Å². The van der Waals surface area contributed by atoms with Gasteiger partial charge in [-0.15, -0.1) is 0 Å². The maximum atomic E-state index is 12.2. The summed E-state index contributed by atoms with van der Waals surface area (Å²) in [6, 6.07) is 4.85. The zero-order chi connectivity index (χ0) is 14.3. The van der Waals surface area contributed by atoms with Crippen LogP contribution in [0.2, 0.25) is 0 Å². The van der Waals surface area contributed by atoms with Crippen molar-refractivity contribution in [1.29, 1.82) is 0 Å². The van der Waals surface area contributed by atoms with Crippen molar-refractivity contribution in [2.45, 2.75) is 32.6 Å². The molecule has 2 saturated carbocycles. The molecule has 106 valence electrons. The molecule has 3 rings (SSSR count). The fraction of sp³-hybridized carbons (Fsp3) is 0.533. The number of nitro groups is 1. The summed E-state index contributed by atoms with van der Waals surface area (Å²) < 4.78 is 0. The number of nitrogens with one attached hydrogen (secondary N) is 1. The van der Waals surface area contributed by atoms with E-state index >= 15 is 0 Å². The van der Waals surface area contributed by atoms with Crippen molar-refractivity contribution in [2.24, 2.45) is 17.8 Å². The Kier molecular flexibility index (Phi) is 3.20. The summed E-state index contributed by atoms with van der Waals surface area (Å²) in [5.74, 6) is 1.24. The minimum atomic E-state index is -0.415. The molecule has 1 amide bonds. The average Bonchev–Trinajstić information content (AvgIpc) is 3.15. The topological polar surface area (TPSA) is 72.2 Å². The first-order valence-electron chi connectivity index (χ1n) is 7.14. The van der Waals surface area contributed by atoms with Crippen LogP contribution in [0.1, 0.15) is 31.2 Å². The fourth-order valence-electron chi connectivity index (χ4n) is 3.49. The molecule has 0 saturated heterocycles. The van der Waals surface area contributed by atoms with Gasteiger partial charge in [0.1, 0.15) is 0 Å². The van der Waals surface area contributed by atoms with Crippen LogP contribution in [0.5, 0.6) is 0 Å². The van der Waals surface area contributed by atoms with E-state index in [4.69, 9.17) is 0 Å². The van der Waals surface area contributed by atoms with Crippen LogP contribution in [0.15, 0.2) is 18.2 Å². The Labute approximate surface area is 117 Å². The van der Waals surface area contributed by atoms with Gasteiger partial charge in [0, 0.05) is 23.2 Å². The summed E-state index contributed by atoms with van der Waals surface area (Å²) in [7, 11) is 0. The number of fused-ring (bicyclic) bond motifs is 1. The molecule has 1 aromatic carbocycles. The van der Waals surface area contributed by atoms with Crippen LogP contribution in [-0.2, 0) is 4.79 Å². The molecule has 1 aromatic rings. The second-order valence-electron chi connectivity index (χ2n) is 5.89. The van der Waals surface area contributed by atoms with Crippen LogP contribution in [0.3, 0.4) is 0 Å². The lowest BCUT2D eigenvalue weighted by atomic mass is 10.0. The second-order valence-corrected chi connectivity index (χ2v) is 5.89. The molecule has 5 nitrogen and oxygen atoms in total. The van der Waals surface area contributed by atoms with Gasteiger partial charge in [-0.25, -0.2) is 0 Å². The van der Waals surface area contributed by atoms with Crippen molar-refractivity contribution >= 4 is 17.3 Å². The van der Waals surface area contributed by atoms with E-state index < -0.39 is 4.92 Å². The Balaban J connectivity index is 1.70. The van der Waals surface area contributed by atoms with E-state index in [1.165, 1.54) is 18.9 Å². The first-order chi connectivity index (χ1) is 9.58. The number of hydrogen-bond acceptors (Lipinski definition) is 3. The summed E-state index contributed by atoms with van der Waals surface area (Å²) in [5, 5.41) is 13.7. The largest absolute Gasteiger partial charge is 0.326 e. The van der Waals surface area contributed by atoms with Gasteiger partial charge in [-0.1, -0.05) is 18.9 Å². The molecule has 5 heteroatoms. The molecule has 0 spiro atoms. The van der Waals surface area contributed by atoms with E-state index in [0.29, 0.717) is 23.1 Å². The number of carbonyl (C=O) groups is 1. The highest BCUT2D eigenvalue weighted by atomic mass is 16.6. The van der Waals surface area contributed by atoms with Crippen molar-refractivity contribution in [3.63, 3.8) is 0 Å². The molecule has 2 unspecified atom stereocenters. The van der Waals surface area contributed by atoms with Crippen molar-refractivity contribution in [3.8, 4) is 0 Å². The average molecular weight is 274 g/mol. The lowest BCUT2D eigenvalue weighted by molar-refractivity contribution is -0.385. The van der Waals surface area contributed by atoms with Gasteiger partial charge < -0.3 is 5.32 Å². The number of hydrogen-bond donors (Lipinski definition) is 1. The Morgan fingerprint density at radius 3 is 2.55 bits per heavy atom. The number of nitrogens with zero attached hydrogens (tertiary/aromatic N) is 1. The molecule has 0 aromatic heterocycles. The third-order valence-electron chi connectivity index (χ3n) is 4.63. The fourth-order valence-corrected chi connectivity index (χ4v) is 3.49. The van der Waals surface area contributed by atoms with Gasteiger partial charge in [0.15, 0.2) is 0 Å². The summed E-state index contributed by atoms with van der Waals surface area (Å²) in [6.07, 6.45) is 4.75. The zero-order valence-electron chi connectivity index (χ0n) is 11.5. The second kappa shape index (κ2) is 4.89. The number of nitro benzene ring substituents is 1. The normalized spacial score (nSPS) is 27.6. The van der Waals surface area contributed by atoms with Crippen molar-refractivity contribution in [2.75, 3.05) is 5.32 Å². The Morgan fingerprint density at radius 2 is 1.95 bits per heavy atom. The van der Waals surface area contributed by atoms with Crippen LogP contribution < -0.4 is 5.32 Å². The summed E-state index contributed by atoms with van der Waals surface area (Å²) in [4.78, 5) is 22.7. The maximum Gasteiger partial charge on any atom is 0.274 e. The minimum absolute atomic E-state index is 0.0278. The molecule has 20 heavy (non-hydrogen) atoms. The van der Waals surface area contributed by atoms with E-state index in [1.807, 2.05) is 0 Å². The van der Waals surface area contributed by atoms with Crippen molar-refractivity contribution in [3.05, 3.63) is 33.9 Å². The molecular formula is C15H18N2O3. The van der Waals surface area contributed by atoms with Gasteiger partial charge in [0.2, 0.25) is 5.91 Å². The van der Waals surface area contributed by atoms with Crippen LogP contribution in [0, 0.1) is 34.8 Å². The molecule has 0 aliphatic heterocycles. The summed E-state index contributed by atoms with van der Waals surface area (Å²) in [5.41, 5.74) is 1.18. The predicted molar refractivity (Wildman–Crippen MR) is 75.4 cm³/mol. The maximum absolute atomic E-state index is 12.2. The number of aryl methyl sites for hydroxylation is 1. The standard InChI is InChI=1S/C15H18N2O3/c1-9-6-7-10(8-13(9)17(19)20)16-15(18)14-11-4-2-3-5-12(11)14/h6-8,11-12,14H,2-5H2,1H3,(H,16,18). The third-order valence-corrected chi connectivity index (χ3v) is 4.63. The van der Waals surface area contributed by atoms with Gasteiger partial charge in [0.25, 0.3) is 5.69 Å². The Morgan fingerprint density at radius 1 is 1.30 bits per heavy atom. The Bertz CT molecular complexity index is 558. The van der Waals surface area contributed by atoms with Gasteiger partial charge in [-0.05, 0) is 37.7 Å². The molecule has 2 aliphatic carbocycles. The zero-order valence-corrected chi connectivity index (χ0v) is 11.5.